The van der Waals surface area contributed by atoms with E-state index in [0.717, 1.165) is 27.8 Å². The van der Waals surface area contributed by atoms with Crippen LogP contribution in [0.25, 0.3) is 0 Å². The minimum atomic E-state index is -4.02. The van der Waals surface area contributed by atoms with Crippen LogP contribution in [0.15, 0.2) is 64.2 Å². The number of halogens is 3. The van der Waals surface area contributed by atoms with E-state index < -0.39 is 28.3 Å². The van der Waals surface area contributed by atoms with Crippen LogP contribution in [0.1, 0.15) is 0 Å². The van der Waals surface area contributed by atoms with E-state index in [-0.39, 0.29) is 20.6 Å². The molecule has 10 heteroatoms. The van der Waals surface area contributed by atoms with Crippen molar-refractivity contribution in [3.63, 3.8) is 0 Å². The zero-order chi connectivity index (χ0) is 20.3. The second kappa shape index (κ2) is 8.48. The van der Waals surface area contributed by atoms with Gasteiger partial charge in [0.15, 0.2) is 0 Å². The van der Waals surface area contributed by atoms with Crippen LogP contribution in [0, 0.1) is 5.82 Å². The van der Waals surface area contributed by atoms with Crippen molar-refractivity contribution in [2.75, 3.05) is 16.2 Å². The van der Waals surface area contributed by atoms with E-state index in [2.05, 4.69) is 5.32 Å². The van der Waals surface area contributed by atoms with E-state index in [4.69, 9.17) is 23.2 Å². The molecule has 0 radical (unpaired) electrons. The van der Waals surface area contributed by atoms with Gasteiger partial charge >= 0.3 is 0 Å². The van der Waals surface area contributed by atoms with Gasteiger partial charge in [0.1, 0.15) is 16.6 Å². The van der Waals surface area contributed by atoms with Crippen molar-refractivity contribution in [2.45, 2.75) is 4.21 Å². The largest absolute Gasteiger partial charge is 0.323 e. The number of amides is 1. The zero-order valence-electron chi connectivity index (χ0n) is 14.1. The quantitative estimate of drug-likeness (QED) is 0.563. The molecule has 0 atom stereocenters. The smallest absolute Gasteiger partial charge is 0.274 e. The van der Waals surface area contributed by atoms with Gasteiger partial charge in [-0.25, -0.2) is 12.8 Å². The summed E-state index contributed by atoms with van der Waals surface area (Å²) < 4.78 is 40.3. The second-order valence-corrected chi connectivity index (χ2v) is 9.47. The van der Waals surface area contributed by atoms with Crippen LogP contribution in [-0.2, 0) is 14.8 Å². The average Bonchev–Trinajstić information content (AvgIpc) is 3.19. The Morgan fingerprint density at radius 3 is 2.46 bits per heavy atom. The van der Waals surface area contributed by atoms with Crippen LogP contribution in [0.2, 0.25) is 10.0 Å². The summed E-state index contributed by atoms with van der Waals surface area (Å²) in [5.41, 5.74) is 0.411. The standard InChI is InChI=1S/C18H13Cl2FN2O3S2/c19-12-3-8-15(20)16(10-12)22-17(24)11-23(14-6-4-13(21)5-7-14)28(25,26)18-2-1-9-27-18/h1-10H,11H2,(H,22,24). The highest BCUT2D eigenvalue weighted by molar-refractivity contribution is 7.94. The van der Waals surface area contributed by atoms with Crippen LogP contribution in [0.3, 0.4) is 0 Å². The first-order chi connectivity index (χ1) is 13.3. The average molecular weight is 459 g/mol. The number of nitrogens with zero attached hydrogens (tertiary/aromatic N) is 1. The molecule has 1 aromatic heterocycles. The number of benzene rings is 2. The topological polar surface area (TPSA) is 66.5 Å². The molecule has 0 spiro atoms. The molecule has 1 amide bonds. The molecule has 0 aliphatic heterocycles. The van der Waals surface area contributed by atoms with Crippen molar-refractivity contribution in [3.05, 3.63) is 75.8 Å². The first kappa shape index (κ1) is 20.6. The number of nitrogens with one attached hydrogen (secondary N) is 1. The monoisotopic (exact) mass is 458 g/mol. The van der Waals surface area contributed by atoms with Gasteiger partial charge in [0.05, 0.1) is 16.4 Å². The summed E-state index contributed by atoms with van der Waals surface area (Å²) in [6.07, 6.45) is 0. The lowest BCUT2D eigenvalue weighted by Crippen LogP contribution is -2.37. The van der Waals surface area contributed by atoms with E-state index in [1.807, 2.05) is 0 Å². The highest BCUT2D eigenvalue weighted by Gasteiger charge is 2.28. The molecule has 2 aromatic carbocycles. The van der Waals surface area contributed by atoms with Crippen LogP contribution < -0.4 is 9.62 Å². The fourth-order valence-electron chi connectivity index (χ4n) is 2.35. The van der Waals surface area contributed by atoms with Gasteiger partial charge in [0.25, 0.3) is 10.0 Å². The number of anilines is 2. The highest BCUT2D eigenvalue weighted by atomic mass is 35.5. The molecule has 1 N–H and O–H groups in total. The van der Waals surface area contributed by atoms with Crippen molar-refractivity contribution in [3.8, 4) is 0 Å². The summed E-state index contributed by atoms with van der Waals surface area (Å²) in [5.74, 6) is -1.15. The Bertz CT molecular complexity index is 1090. The van der Waals surface area contributed by atoms with E-state index >= 15 is 0 Å². The molecule has 1 heterocycles. The molecule has 0 bridgehead atoms. The Morgan fingerprint density at radius 1 is 1.11 bits per heavy atom. The predicted molar refractivity (Wildman–Crippen MR) is 110 cm³/mol. The minimum absolute atomic E-state index is 0.0606. The zero-order valence-corrected chi connectivity index (χ0v) is 17.2. The first-order valence-electron chi connectivity index (χ1n) is 7.84. The van der Waals surface area contributed by atoms with Crippen molar-refractivity contribution in [1.82, 2.24) is 0 Å². The van der Waals surface area contributed by atoms with Gasteiger partial charge in [0, 0.05) is 5.02 Å². The van der Waals surface area contributed by atoms with Crippen LogP contribution in [-0.4, -0.2) is 20.9 Å². The van der Waals surface area contributed by atoms with E-state index in [0.29, 0.717) is 5.02 Å². The Hall–Kier alpha value is -2.13. The predicted octanol–water partition coefficient (Wildman–Crippen LogP) is 5.03. The molecule has 3 aromatic rings. The Balaban J connectivity index is 1.92. The van der Waals surface area contributed by atoms with Gasteiger partial charge in [-0.05, 0) is 53.9 Å². The van der Waals surface area contributed by atoms with Crippen molar-refractivity contribution < 1.29 is 17.6 Å². The molecule has 0 fully saturated rings. The fraction of sp³-hybridized carbons (Fsp3) is 0.0556. The molecule has 0 saturated carbocycles. The van der Waals surface area contributed by atoms with Crippen LogP contribution >= 0.6 is 34.5 Å². The molecule has 28 heavy (non-hydrogen) atoms. The number of thiophene rings is 1. The summed E-state index contributed by atoms with van der Waals surface area (Å²) in [5, 5.41) is 4.78. The molecule has 0 aliphatic rings. The number of sulfonamides is 1. The summed E-state index contributed by atoms with van der Waals surface area (Å²) in [6, 6.07) is 12.4. The van der Waals surface area contributed by atoms with E-state index in [9.17, 15) is 17.6 Å². The fourth-order valence-corrected chi connectivity index (χ4v) is 5.22. The Morgan fingerprint density at radius 2 is 1.82 bits per heavy atom. The number of carbonyl (C=O) groups excluding carboxylic acids is 1. The van der Waals surface area contributed by atoms with Gasteiger partial charge in [-0.15, -0.1) is 11.3 Å². The third kappa shape index (κ3) is 4.64. The van der Waals surface area contributed by atoms with Crippen molar-refractivity contribution in [1.29, 1.82) is 0 Å². The minimum Gasteiger partial charge on any atom is -0.323 e. The first-order valence-corrected chi connectivity index (χ1v) is 10.9. The summed E-state index contributed by atoms with van der Waals surface area (Å²) in [6.45, 7) is -0.533. The third-order valence-electron chi connectivity index (χ3n) is 3.64. The normalized spacial score (nSPS) is 11.2. The number of hydrogen-bond acceptors (Lipinski definition) is 4. The summed E-state index contributed by atoms with van der Waals surface area (Å²) in [4.78, 5) is 12.6. The molecule has 0 saturated heterocycles. The molecular weight excluding hydrogens is 446 g/mol. The van der Waals surface area contributed by atoms with Gasteiger partial charge in [-0.3, -0.25) is 9.10 Å². The van der Waals surface area contributed by atoms with Gasteiger partial charge in [0.2, 0.25) is 5.91 Å². The van der Waals surface area contributed by atoms with Crippen LogP contribution in [0.5, 0.6) is 0 Å². The van der Waals surface area contributed by atoms with Crippen molar-refractivity contribution in [2.24, 2.45) is 0 Å². The maximum atomic E-state index is 13.3. The van der Waals surface area contributed by atoms with E-state index in [1.165, 1.54) is 30.3 Å². The number of rotatable bonds is 6. The third-order valence-corrected chi connectivity index (χ3v) is 7.36. The SMILES string of the molecule is O=C(CN(c1ccc(F)cc1)S(=O)(=O)c1cccs1)Nc1cc(Cl)ccc1Cl. The number of carbonyl (C=O) groups is 1. The van der Waals surface area contributed by atoms with Crippen molar-refractivity contribution >= 4 is 61.8 Å². The second-order valence-electron chi connectivity index (χ2n) is 5.59. The van der Waals surface area contributed by atoms with Gasteiger partial charge < -0.3 is 5.32 Å². The van der Waals surface area contributed by atoms with Crippen LogP contribution in [0.4, 0.5) is 15.8 Å². The van der Waals surface area contributed by atoms with E-state index in [1.54, 1.807) is 17.5 Å². The lowest BCUT2D eigenvalue weighted by molar-refractivity contribution is -0.114. The number of hydrogen-bond donors (Lipinski definition) is 1. The lowest BCUT2D eigenvalue weighted by atomic mass is 10.3. The molecule has 0 unspecified atom stereocenters. The molecule has 5 nitrogen and oxygen atoms in total. The lowest BCUT2D eigenvalue weighted by Gasteiger charge is -2.23. The maximum Gasteiger partial charge on any atom is 0.274 e. The summed E-state index contributed by atoms with van der Waals surface area (Å²) >= 11 is 13.0. The summed E-state index contributed by atoms with van der Waals surface area (Å²) in [7, 11) is -4.02. The van der Waals surface area contributed by atoms with Gasteiger partial charge in [-0.1, -0.05) is 29.3 Å². The maximum absolute atomic E-state index is 13.3. The molecular formula is C18H13Cl2FN2O3S2. The Labute approximate surface area is 175 Å². The van der Waals surface area contributed by atoms with Gasteiger partial charge in [-0.2, -0.15) is 0 Å². The molecule has 146 valence electrons. The Kier molecular flexibility index (Phi) is 6.24. The molecule has 0 aliphatic carbocycles. The highest BCUT2D eigenvalue weighted by Crippen LogP contribution is 2.28. The molecule has 3 rings (SSSR count).